The number of pyridine rings is 1. The maximum atomic E-state index is 11.0. The zero-order chi connectivity index (χ0) is 12.6. The minimum Gasteiger partial charge on any atom is -0.348 e. The van der Waals surface area contributed by atoms with Gasteiger partial charge >= 0.3 is 5.69 Å². The van der Waals surface area contributed by atoms with E-state index in [4.69, 9.17) is 11.6 Å². The summed E-state index contributed by atoms with van der Waals surface area (Å²) in [7, 11) is 0. The van der Waals surface area contributed by atoms with Crippen LogP contribution in [0.1, 0.15) is 20.3 Å². The van der Waals surface area contributed by atoms with Crippen LogP contribution in [0.4, 0.5) is 11.5 Å². The van der Waals surface area contributed by atoms with Crippen molar-refractivity contribution in [1.82, 2.24) is 4.98 Å². The van der Waals surface area contributed by atoms with Gasteiger partial charge in [0.2, 0.25) is 5.82 Å². The largest absolute Gasteiger partial charge is 0.348 e. The van der Waals surface area contributed by atoms with Crippen LogP contribution in [0.25, 0.3) is 0 Å². The second kappa shape index (κ2) is 4.49. The van der Waals surface area contributed by atoms with E-state index in [2.05, 4.69) is 18.8 Å². The van der Waals surface area contributed by atoms with Crippen molar-refractivity contribution in [2.75, 3.05) is 11.4 Å². The van der Waals surface area contributed by atoms with E-state index in [0.29, 0.717) is 11.7 Å². The van der Waals surface area contributed by atoms with E-state index in [1.165, 1.54) is 12.1 Å². The molecule has 2 rings (SSSR count). The third kappa shape index (κ3) is 2.34. The van der Waals surface area contributed by atoms with Gasteiger partial charge in [0.05, 0.1) is 4.92 Å². The Bertz CT molecular complexity index is 452. The predicted molar refractivity (Wildman–Crippen MR) is 66.5 cm³/mol. The molecule has 17 heavy (non-hydrogen) atoms. The SMILES string of the molecule is CC1CC(C)N(c2nc(Cl)ccc2[N+](=O)[O-])C1. The maximum absolute atomic E-state index is 11.0. The summed E-state index contributed by atoms with van der Waals surface area (Å²) in [5.41, 5.74) is 0.0235. The van der Waals surface area contributed by atoms with Gasteiger partial charge in [-0.05, 0) is 25.3 Å². The van der Waals surface area contributed by atoms with Crippen LogP contribution in [0.3, 0.4) is 0 Å². The predicted octanol–water partition coefficient (Wildman–Crippen LogP) is 2.88. The Labute approximate surface area is 105 Å². The van der Waals surface area contributed by atoms with E-state index in [0.717, 1.165) is 13.0 Å². The molecule has 0 saturated carbocycles. The lowest BCUT2D eigenvalue weighted by molar-refractivity contribution is -0.384. The average Bonchev–Trinajstić information content (AvgIpc) is 2.57. The van der Waals surface area contributed by atoms with Crippen LogP contribution in [-0.4, -0.2) is 22.5 Å². The lowest BCUT2D eigenvalue weighted by atomic mass is 10.1. The number of nitrogens with zero attached hydrogens (tertiary/aromatic N) is 3. The van der Waals surface area contributed by atoms with Crippen LogP contribution >= 0.6 is 11.6 Å². The summed E-state index contributed by atoms with van der Waals surface area (Å²) in [6.45, 7) is 4.97. The molecular formula is C11H14ClN3O2. The number of hydrogen-bond acceptors (Lipinski definition) is 4. The van der Waals surface area contributed by atoms with Gasteiger partial charge < -0.3 is 4.90 Å². The van der Waals surface area contributed by atoms with E-state index < -0.39 is 4.92 Å². The number of anilines is 1. The van der Waals surface area contributed by atoms with Crippen LogP contribution in [-0.2, 0) is 0 Å². The molecular weight excluding hydrogens is 242 g/mol. The second-order valence-corrected chi connectivity index (χ2v) is 4.96. The molecule has 0 aromatic carbocycles. The van der Waals surface area contributed by atoms with Crippen LogP contribution in [0.15, 0.2) is 12.1 Å². The first-order valence-electron chi connectivity index (χ1n) is 5.56. The Kier molecular flexibility index (Phi) is 3.19. The normalized spacial score (nSPS) is 24.1. The molecule has 1 aromatic heterocycles. The highest BCUT2D eigenvalue weighted by atomic mass is 35.5. The maximum Gasteiger partial charge on any atom is 0.311 e. The van der Waals surface area contributed by atoms with E-state index in [1.807, 2.05) is 4.90 Å². The van der Waals surface area contributed by atoms with Gasteiger partial charge in [-0.3, -0.25) is 10.1 Å². The molecule has 0 radical (unpaired) electrons. The third-order valence-corrected chi connectivity index (χ3v) is 3.28. The zero-order valence-corrected chi connectivity index (χ0v) is 10.5. The first-order valence-corrected chi connectivity index (χ1v) is 5.94. The Morgan fingerprint density at radius 2 is 2.24 bits per heavy atom. The molecule has 92 valence electrons. The lowest BCUT2D eigenvalue weighted by Gasteiger charge is -2.22. The fourth-order valence-electron chi connectivity index (χ4n) is 2.37. The van der Waals surface area contributed by atoms with Gasteiger partial charge in [-0.15, -0.1) is 0 Å². The number of rotatable bonds is 2. The molecule has 1 aliphatic heterocycles. The standard InChI is InChI=1S/C11H14ClN3O2/c1-7-5-8(2)14(6-7)11-9(15(16)17)3-4-10(12)13-11/h3-4,7-8H,5-6H2,1-2H3. The van der Waals surface area contributed by atoms with E-state index in [-0.39, 0.29) is 16.9 Å². The monoisotopic (exact) mass is 255 g/mol. The molecule has 1 aromatic rings. The topological polar surface area (TPSA) is 59.3 Å². The molecule has 1 fully saturated rings. The quantitative estimate of drug-likeness (QED) is 0.463. The molecule has 2 unspecified atom stereocenters. The Morgan fingerprint density at radius 3 is 2.76 bits per heavy atom. The summed E-state index contributed by atoms with van der Waals surface area (Å²) in [5, 5.41) is 11.3. The van der Waals surface area contributed by atoms with Crippen molar-refractivity contribution < 1.29 is 4.92 Å². The minimum atomic E-state index is -0.408. The minimum absolute atomic E-state index is 0.0235. The second-order valence-electron chi connectivity index (χ2n) is 4.58. The number of nitro groups is 1. The van der Waals surface area contributed by atoms with Gasteiger partial charge in [-0.25, -0.2) is 4.98 Å². The fourth-order valence-corrected chi connectivity index (χ4v) is 2.51. The van der Waals surface area contributed by atoms with Crippen LogP contribution < -0.4 is 4.90 Å². The Morgan fingerprint density at radius 1 is 1.53 bits per heavy atom. The molecule has 2 atom stereocenters. The highest BCUT2D eigenvalue weighted by Crippen LogP contribution is 2.34. The fraction of sp³-hybridized carbons (Fsp3) is 0.545. The molecule has 0 bridgehead atoms. The summed E-state index contributed by atoms with van der Waals surface area (Å²) in [4.78, 5) is 16.6. The van der Waals surface area contributed by atoms with Crippen LogP contribution in [0.5, 0.6) is 0 Å². The Hall–Kier alpha value is -1.36. The first-order chi connectivity index (χ1) is 7.99. The van der Waals surface area contributed by atoms with E-state index in [9.17, 15) is 10.1 Å². The average molecular weight is 256 g/mol. The van der Waals surface area contributed by atoms with Crippen molar-refractivity contribution in [2.45, 2.75) is 26.3 Å². The van der Waals surface area contributed by atoms with Gasteiger partial charge in [-0.1, -0.05) is 18.5 Å². The van der Waals surface area contributed by atoms with Crippen molar-refractivity contribution in [3.8, 4) is 0 Å². The summed E-state index contributed by atoms with van der Waals surface area (Å²) < 4.78 is 0. The van der Waals surface area contributed by atoms with Crippen molar-refractivity contribution in [2.24, 2.45) is 5.92 Å². The third-order valence-electron chi connectivity index (χ3n) is 3.07. The summed E-state index contributed by atoms with van der Waals surface area (Å²) in [5.74, 6) is 0.907. The van der Waals surface area contributed by atoms with Crippen molar-refractivity contribution in [3.63, 3.8) is 0 Å². The van der Waals surface area contributed by atoms with Crippen molar-refractivity contribution >= 4 is 23.1 Å². The van der Waals surface area contributed by atoms with Crippen LogP contribution in [0.2, 0.25) is 5.15 Å². The van der Waals surface area contributed by atoms with E-state index >= 15 is 0 Å². The summed E-state index contributed by atoms with van der Waals surface area (Å²) >= 11 is 5.82. The first kappa shape index (κ1) is 12.1. The molecule has 0 spiro atoms. The smallest absolute Gasteiger partial charge is 0.311 e. The molecule has 1 saturated heterocycles. The highest BCUT2D eigenvalue weighted by molar-refractivity contribution is 6.29. The van der Waals surface area contributed by atoms with E-state index in [1.54, 1.807) is 0 Å². The number of halogens is 1. The van der Waals surface area contributed by atoms with Crippen LogP contribution in [0, 0.1) is 16.0 Å². The van der Waals surface area contributed by atoms with Gasteiger partial charge in [0.1, 0.15) is 5.15 Å². The molecule has 5 nitrogen and oxygen atoms in total. The zero-order valence-electron chi connectivity index (χ0n) is 9.76. The van der Waals surface area contributed by atoms with Gasteiger partial charge in [-0.2, -0.15) is 0 Å². The lowest BCUT2D eigenvalue weighted by Crippen LogP contribution is -2.28. The molecule has 0 N–H and O–H groups in total. The van der Waals surface area contributed by atoms with Crippen molar-refractivity contribution in [3.05, 3.63) is 27.4 Å². The molecule has 0 amide bonds. The summed E-state index contributed by atoms with van der Waals surface area (Å²) in [6, 6.07) is 3.13. The number of aromatic nitrogens is 1. The van der Waals surface area contributed by atoms with Gasteiger partial charge in [0.15, 0.2) is 0 Å². The molecule has 6 heteroatoms. The molecule has 2 heterocycles. The summed E-state index contributed by atoms with van der Waals surface area (Å²) in [6.07, 6.45) is 1.02. The highest BCUT2D eigenvalue weighted by Gasteiger charge is 2.32. The Balaban J connectivity index is 2.43. The van der Waals surface area contributed by atoms with Crippen molar-refractivity contribution in [1.29, 1.82) is 0 Å². The van der Waals surface area contributed by atoms with Gasteiger partial charge in [0, 0.05) is 18.7 Å². The number of hydrogen-bond donors (Lipinski definition) is 0. The molecule has 0 aliphatic carbocycles. The molecule has 1 aliphatic rings. The van der Waals surface area contributed by atoms with Gasteiger partial charge in [0.25, 0.3) is 0 Å².